The molecule has 2 atom stereocenters. The van der Waals surface area contributed by atoms with Crippen molar-refractivity contribution in [2.45, 2.75) is 43.8 Å². The number of rotatable bonds is 5. The number of nitrogens with zero attached hydrogens (tertiary/aromatic N) is 1. The summed E-state index contributed by atoms with van der Waals surface area (Å²) in [5.41, 5.74) is 0.303. The molecular formula is C19H26FN3O3. The smallest absolute Gasteiger partial charge is 0.241 e. The van der Waals surface area contributed by atoms with E-state index in [0.717, 1.165) is 19.3 Å². The summed E-state index contributed by atoms with van der Waals surface area (Å²) in [6.07, 6.45) is 3.06. The van der Waals surface area contributed by atoms with Crippen LogP contribution >= 0.6 is 0 Å². The van der Waals surface area contributed by atoms with E-state index in [4.69, 9.17) is 4.74 Å². The van der Waals surface area contributed by atoms with Crippen molar-refractivity contribution >= 4 is 11.8 Å². The number of ether oxygens (including phenoxy) is 1. The van der Waals surface area contributed by atoms with Crippen LogP contribution < -0.4 is 10.6 Å². The molecule has 2 heterocycles. The lowest BCUT2D eigenvalue weighted by atomic mass is 10.0. The first-order chi connectivity index (χ1) is 12.6. The number of amides is 2. The van der Waals surface area contributed by atoms with Gasteiger partial charge in [-0.25, -0.2) is 4.39 Å². The Labute approximate surface area is 153 Å². The number of hydrogen-bond acceptors (Lipinski definition) is 4. The summed E-state index contributed by atoms with van der Waals surface area (Å²) in [6.45, 7) is 1.88. The third-order valence-corrected chi connectivity index (χ3v) is 5.19. The van der Waals surface area contributed by atoms with Crippen molar-refractivity contribution in [3.8, 4) is 0 Å². The highest BCUT2D eigenvalue weighted by Gasteiger charge is 2.40. The third-order valence-electron chi connectivity index (χ3n) is 5.19. The SMILES string of the molecule is CNC(=O)[C@@H](c1ccccc1F)N1CCC[C@H]1C(=O)NC1CCOCC1. The lowest BCUT2D eigenvalue weighted by molar-refractivity contribution is -0.132. The molecule has 2 aliphatic heterocycles. The Morgan fingerprint density at radius 1 is 1.23 bits per heavy atom. The van der Waals surface area contributed by atoms with Gasteiger partial charge in [0.15, 0.2) is 0 Å². The van der Waals surface area contributed by atoms with Gasteiger partial charge in [-0.2, -0.15) is 0 Å². The Morgan fingerprint density at radius 3 is 2.65 bits per heavy atom. The second-order valence-corrected chi connectivity index (χ2v) is 6.83. The Kier molecular flexibility index (Phi) is 6.21. The third kappa shape index (κ3) is 4.04. The monoisotopic (exact) mass is 363 g/mol. The summed E-state index contributed by atoms with van der Waals surface area (Å²) >= 11 is 0. The lowest BCUT2D eigenvalue weighted by Crippen LogP contribution is -2.51. The molecule has 2 N–H and O–H groups in total. The van der Waals surface area contributed by atoms with E-state index in [2.05, 4.69) is 10.6 Å². The number of halogens is 1. The van der Waals surface area contributed by atoms with Crippen LogP contribution in [0.3, 0.4) is 0 Å². The van der Waals surface area contributed by atoms with Crippen LogP contribution in [0.4, 0.5) is 4.39 Å². The fourth-order valence-electron chi connectivity index (χ4n) is 3.82. The maximum absolute atomic E-state index is 14.4. The molecule has 2 fully saturated rings. The number of carbonyl (C=O) groups is 2. The Morgan fingerprint density at radius 2 is 1.96 bits per heavy atom. The van der Waals surface area contributed by atoms with E-state index in [1.54, 1.807) is 18.2 Å². The fourth-order valence-corrected chi connectivity index (χ4v) is 3.82. The van der Waals surface area contributed by atoms with Crippen molar-refractivity contribution in [2.75, 3.05) is 26.8 Å². The molecule has 0 saturated carbocycles. The quantitative estimate of drug-likeness (QED) is 0.829. The van der Waals surface area contributed by atoms with Gasteiger partial charge < -0.3 is 15.4 Å². The van der Waals surface area contributed by atoms with Crippen LogP contribution in [-0.4, -0.2) is 55.6 Å². The van der Waals surface area contributed by atoms with Gasteiger partial charge in [-0.3, -0.25) is 14.5 Å². The highest BCUT2D eigenvalue weighted by molar-refractivity contribution is 5.86. The first kappa shape index (κ1) is 18.8. The molecule has 0 aliphatic carbocycles. The van der Waals surface area contributed by atoms with Gasteiger partial charge in [0, 0.05) is 38.4 Å². The number of carbonyl (C=O) groups excluding carboxylic acids is 2. The standard InChI is InChI=1S/C19H26FN3O3/c1-21-19(25)17(14-5-2-3-6-15(14)20)23-10-4-7-16(23)18(24)22-13-8-11-26-12-9-13/h2-3,5-6,13,16-17H,4,7-12H2,1H3,(H,21,25)(H,22,24)/t16-,17+/m0/s1. The van der Waals surface area contributed by atoms with Crippen LogP contribution in [0.25, 0.3) is 0 Å². The lowest BCUT2D eigenvalue weighted by Gasteiger charge is -2.33. The zero-order valence-electron chi connectivity index (χ0n) is 15.0. The van der Waals surface area contributed by atoms with Crippen LogP contribution in [0.1, 0.15) is 37.3 Å². The molecular weight excluding hydrogens is 337 g/mol. The number of hydrogen-bond donors (Lipinski definition) is 2. The summed E-state index contributed by atoms with van der Waals surface area (Å²) < 4.78 is 19.7. The largest absolute Gasteiger partial charge is 0.381 e. The van der Waals surface area contributed by atoms with Crippen LogP contribution in [0.5, 0.6) is 0 Å². The van der Waals surface area contributed by atoms with Crippen LogP contribution in [0.15, 0.2) is 24.3 Å². The first-order valence-corrected chi connectivity index (χ1v) is 9.21. The van der Waals surface area contributed by atoms with E-state index in [-0.39, 0.29) is 17.9 Å². The molecule has 2 aliphatic rings. The Bertz CT molecular complexity index is 649. The number of likely N-dealkylation sites (tertiary alicyclic amines) is 1. The second-order valence-electron chi connectivity index (χ2n) is 6.83. The zero-order valence-corrected chi connectivity index (χ0v) is 15.0. The number of likely N-dealkylation sites (N-methyl/N-ethyl adjacent to an activating group) is 1. The van der Waals surface area contributed by atoms with Gasteiger partial charge in [0.1, 0.15) is 11.9 Å². The molecule has 142 valence electrons. The van der Waals surface area contributed by atoms with Gasteiger partial charge in [-0.15, -0.1) is 0 Å². The van der Waals surface area contributed by atoms with Crippen molar-refractivity contribution in [2.24, 2.45) is 0 Å². The summed E-state index contributed by atoms with van der Waals surface area (Å²) in [5.74, 6) is -0.822. The average Bonchev–Trinajstić information content (AvgIpc) is 3.13. The van der Waals surface area contributed by atoms with E-state index in [9.17, 15) is 14.0 Å². The summed E-state index contributed by atoms with van der Waals surface area (Å²) in [6, 6.07) is 5.12. The molecule has 6 nitrogen and oxygen atoms in total. The van der Waals surface area contributed by atoms with Gasteiger partial charge in [-0.05, 0) is 31.7 Å². The molecule has 1 aromatic rings. The van der Waals surface area contributed by atoms with Gasteiger partial charge in [0.05, 0.1) is 6.04 Å². The first-order valence-electron chi connectivity index (χ1n) is 9.21. The number of nitrogens with one attached hydrogen (secondary N) is 2. The Hall–Kier alpha value is -1.99. The maximum Gasteiger partial charge on any atom is 0.241 e. The normalized spacial score (nSPS) is 22.8. The van der Waals surface area contributed by atoms with Crippen molar-refractivity contribution < 1.29 is 18.7 Å². The van der Waals surface area contributed by atoms with Crippen molar-refractivity contribution in [1.82, 2.24) is 15.5 Å². The predicted octanol–water partition coefficient (Wildman–Crippen LogP) is 1.37. The van der Waals surface area contributed by atoms with Crippen molar-refractivity contribution in [3.63, 3.8) is 0 Å². The molecule has 0 aromatic heterocycles. The molecule has 2 saturated heterocycles. The van der Waals surface area contributed by atoms with Crippen LogP contribution in [0, 0.1) is 5.82 Å². The minimum absolute atomic E-state index is 0.0837. The van der Waals surface area contributed by atoms with E-state index in [1.165, 1.54) is 13.1 Å². The van der Waals surface area contributed by atoms with E-state index >= 15 is 0 Å². The topological polar surface area (TPSA) is 70.7 Å². The average molecular weight is 363 g/mol. The van der Waals surface area contributed by atoms with Crippen molar-refractivity contribution in [3.05, 3.63) is 35.6 Å². The molecule has 0 radical (unpaired) electrons. The molecule has 0 unspecified atom stereocenters. The molecule has 7 heteroatoms. The highest BCUT2D eigenvalue weighted by atomic mass is 19.1. The highest BCUT2D eigenvalue weighted by Crippen LogP contribution is 2.31. The van der Waals surface area contributed by atoms with Crippen LogP contribution in [0.2, 0.25) is 0 Å². The second kappa shape index (κ2) is 8.60. The predicted molar refractivity (Wildman–Crippen MR) is 94.9 cm³/mol. The Balaban J connectivity index is 1.80. The molecule has 0 bridgehead atoms. The molecule has 3 rings (SSSR count). The summed E-state index contributed by atoms with van der Waals surface area (Å²) in [4.78, 5) is 27.2. The van der Waals surface area contributed by atoms with Gasteiger partial charge >= 0.3 is 0 Å². The van der Waals surface area contributed by atoms with Gasteiger partial charge in [0.2, 0.25) is 11.8 Å². The molecule has 1 aromatic carbocycles. The maximum atomic E-state index is 14.4. The molecule has 26 heavy (non-hydrogen) atoms. The van der Waals surface area contributed by atoms with E-state index in [0.29, 0.717) is 31.7 Å². The molecule has 2 amide bonds. The fraction of sp³-hybridized carbons (Fsp3) is 0.579. The van der Waals surface area contributed by atoms with Crippen molar-refractivity contribution in [1.29, 1.82) is 0 Å². The van der Waals surface area contributed by atoms with Gasteiger partial charge in [-0.1, -0.05) is 18.2 Å². The van der Waals surface area contributed by atoms with Crippen LogP contribution in [-0.2, 0) is 14.3 Å². The van der Waals surface area contributed by atoms with E-state index < -0.39 is 17.9 Å². The number of benzene rings is 1. The van der Waals surface area contributed by atoms with E-state index in [1.807, 2.05) is 4.90 Å². The minimum Gasteiger partial charge on any atom is -0.381 e. The summed E-state index contributed by atoms with van der Waals surface area (Å²) in [7, 11) is 1.53. The zero-order chi connectivity index (χ0) is 18.5. The minimum atomic E-state index is -0.811. The summed E-state index contributed by atoms with van der Waals surface area (Å²) in [5, 5.41) is 5.70. The van der Waals surface area contributed by atoms with Gasteiger partial charge in [0.25, 0.3) is 0 Å². The molecule has 0 spiro atoms.